The van der Waals surface area contributed by atoms with E-state index in [0.717, 1.165) is 44.5 Å². The van der Waals surface area contributed by atoms with Crippen LogP contribution in [0.4, 0.5) is 0 Å². The van der Waals surface area contributed by atoms with E-state index in [1.165, 1.54) is 23.0 Å². The van der Waals surface area contributed by atoms with E-state index in [2.05, 4.69) is 66.2 Å². The van der Waals surface area contributed by atoms with E-state index < -0.39 is 41.2 Å². The Morgan fingerprint density at radius 3 is 2.58 bits per heavy atom. The van der Waals surface area contributed by atoms with Gasteiger partial charge in [0.2, 0.25) is 11.8 Å². The number of aromatic nitrogens is 2. The third-order valence-corrected chi connectivity index (χ3v) is 12.7. The highest BCUT2D eigenvalue weighted by molar-refractivity contribution is 6.01. The SMILES string of the molecule is C=CC(=O)N1CC[C@H](C(=O)N(C)C(C(=O)N[C@H]2Cc3cc(O)cc(c3)-c3ccc4c(c3)c(c(-c3cccnc3CNC)n4CC)CC(C)(C)COC(=O)[C@@H]3CCCN(N3)C2=O)=C(C)C)C1. The number of phenolic OH excluding ortho intramolecular Hbond substituents is 1. The molecule has 4 N–H and O–H groups in total. The number of carbonyl (C=O) groups is 5. The number of allylic oxidation sites excluding steroid dienone is 1. The summed E-state index contributed by atoms with van der Waals surface area (Å²) in [6.45, 7) is 15.5. The highest BCUT2D eigenvalue weighted by atomic mass is 16.5. The van der Waals surface area contributed by atoms with Gasteiger partial charge in [0.05, 0.1) is 23.9 Å². The van der Waals surface area contributed by atoms with E-state index in [1.807, 2.05) is 25.2 Å². The number of amides is 4. The van der Waals surface area contributed by atoms with Crippen LogP contribution in [0.25, 0.3) is 33.3 Å². The molecule has 0 saturated carbocycles. The van der Waals surface area contributed by atoms with Crippen LogP contribution >= 0.6 is 0 Å². The van der Waals surface area contributed by atoms with Crippen molar-refractivity contribution in [2.45, 2.75) is 91.9 Å². The summed E-state index contributed by atoms with van der Waals surface area (Å²) in [7, 11) is 3.42. The Hall–Kier alpha value is -6.32. The second-order valence-corrected chi connectivity index (χ2v) is 18.4. The van der Waals surface area contributed by atoms with Gasteiger partial charge in [0.25, 0.3) is 11.8 Å². The lowest BCUT2D eigenvalue weighted by molar-refractivity contribution is -0.155. The molecule has 0 unspecified atom stereocenters. The van der Waals surface area contributed by atoms with Crippen LogP contribution in [0.2, 0.25) is 0 Å². The number of hydrogen-bond donors (Lipinski definition) is 4. The average molecular weight is 887 g/mol. The molecule has 4 aromatic rings. The number of aromatic hydroxyl groups is 1. The van der Waals surface area contributed by atoms with Crippen LogP contribution in [-0.2, 0) is 54.6 Å². The largest absolute Gasteiger partial charge is 0.508 e. The molecule has 0 radical (unpaired) electrons. The topological polar surface area (TPSA) is 178 Å². The summed E-state index contributed by atoms with van der Waals surface area (Å²) in [5.74, 6) is -2.75. The molecule has 3 aliphatic heterocycles. The molecule has 3 aliphatic rings. The summed E-state index contributed by atoms with van der Waals surface area (Å²) >= 11 is 0. The van der Waals surface area contributed by atoms with Crippen LogP contribution in [0.5, 0.6) is 5.75 Å². The number of aryl methyl sites for hydroxylation is 1. The fourth-order valence-electron chi connectivity index (χ4n) is 9.59. The number of phenols is 1. The van der Waals surface area contributed by atoms with Crippen LogP contribution in [0.15, 0.2) is 78.7 Å². The maximum absolute atomic E-state index is 14.7. The summed E-state index contributed by atoms with van der Waals surface area (Å²) in [5.41, 5.74) is 10.4. The summed E-state index contributed by atoms with van der Waals surface area (Å²) in [4.78, 5) is 76.8. The van der Waals surface area contributed by atoms with Gasteiger partial charge >= 0.3 is 5.97 Å². The third-order valence-electron chi connectivity index (χ3n) is 12.7. The summed E-state index contributed by atoms with van der Waals surface area (Å²) < 4.78 is 8.40. The van der Waals surface area contributed by atoms with Crippen LogP contribution < -0.4 is 16.1 Å². The van der Waals surface area contributed by atoms with E-state index in [1.54, 1.807) is 37.1 Å². The number of likely N-dealkylation sites (tertiary alicyclic amines) is 1. The van der Waals surface area contributed by atoms with Crippen LogP contribution in [0.3, 0.4) is 0 Å². The molecule has 65 heavy (non-hydrogen) atoms. The molecule has 0 spiro atoms. The predicted molar refractivity (Wildman–Crippen MR) is 249 cm³/mol. The minimum atomic E-state index is -1.19. The van der Waals surface area contributed by atoms with Gasteiger partial charge in [-0.2, -0.15) is 0 Å². The smallest absolute Gasteiger partial charge is 0.324 e. The molecule has 3 atom stereocenters. The Balaban J connectivity index is 1.31. The van der Waals surface area contributed by atoms with Gasteiger partial charge in [-0.05, 0) is 124 Å². The zero-order valence-corrected chi connectivity index (χ0v) is 38.6. The summed E-state index contributed by atoms with van der Waals surface area (Å²) in [5, 5.41) is 19.9. The molecule has 6 bridgehead atoms. The van der Waals surface area contributed by atoms with E-state index in [-0.39, 0.29) is 49.4 Å². The molecule has 15 heteroatoms. The number of rotatable bonds is 9. The normalized spacial score (nSPS) is 19.9. The number of ether oxygens (including phenoxy) is 1. The lowest BCUT2D eigenvalue weighted by Gasteiger charge is -2.36. The van der Waals surface area contributed by atoms with Crippen LogP contribution in [-0.4, -0.2) is 111 Å². The molecule has 5 heterocycles. The Morgan fingerprint density at radius 2 is 1.86 bits per heavy atom. The lowest BCUT2D eigenvalue weighted by atomic mass is 9.84. The number of benzene rings is 2. The monoisotopic (exact) mass is 886 g/mol. The van der Waals surface area contributed by atoms with Crippen LogP contribution in [0, 0.1) is 11.3 Å². The Labute approximate surface area is 380 Å². The van der Waals surface area contributed by atoms with Gasteiger partial charge < -0.3 is 34.8 Å². The first kappa shape index (κ1) is 46.7. The number of cyclic esters (lactones) is 1. The van der Waals surface area contributed by atoms with Crippen molar-refractivity contribution in [3.05, 3.63) is 95.5 Å². The molecular weight excluding hydrogens is 825 g/mol. The van der Waals surface area contributed by atoms with E-state index in [0.29, 0.717) is 56.5 Å². The molecule has 2 saturated heterocycles. The van der Waals surface area contributed by atoms with Crippen molar-refractivity contribution >= 4 is 40.5 Å². The number of pyridine rings is 1. The quantitative estimate of drug-likeness (QED) is 0.128. The highest BCUT2D eigenvalue weighted by Gasteiger charge is 2.38. The molecule has 344 valence electrons. The summed E-state index contributed by atoms with van der Waals surface area (Å²) in [6, 6.07) is 13.5. The van der Waals surface area contributed by atoms with Crippen LogP contribution in [0.1, 0.15) is 70.7 Å². The molecular formula is C50H62N8O7. The van der Waals surface area contributed by atoms with E-state index >= 15 is 0 Å². The Bertz CT molecular complexity index is 2560. The second-order valence-electron chi connectivity index (χ2n) is 18.4. The van der Waals surface area contributed by atoms with Gasteiger partial charge in [-0.15, -0.1) is 0 Å². The van der Waals surface area contributed by atoms with E-state index in [9.17, 15) is 29.1 Å². The fourth-order valence-corrected chi connectivity index (χ4v) is 9.59. The molecule has 15 nitrogen and oxygen atoms in total. The lowest BCUT2D eigenvalue weighted by Crippen LogP contribution is -2.60. The van der Waals surface area contributed by atoms with E-state index in [4.69, 9.17) is 9.72 Å². The van der Waals surface area contributed by atoms with Gasteiger partial charge in [-0.1, -0.05) is 32.6 Å². The first-order valence-electron chi connectivity index (χ1n) is 22.5. The van der Waals surface area contributed by atoms with Crippen molar-refractivity contribution in [1.82, 2.24) is 40.4 Å². The molecule has 2 fully saturated rings. The van der Waals surface area contributed by atoms with Gasteiger partial charge in [-0.25, -0.2) is 5.43 Å². The van der Waals surface area contributed by atoms with Crippen molar-refractivity contribution < 1.29 is 33.8 Å². The molecule has 0 aliphatic carbocycles. The predicted octanol–water partition coefficient (Wildman–Crippen LogP) is 5.25. The number of hydrazine groups is 1. The zero-order chi connectivity index (χ0) is 46.7. The number of nitrogens with one attached hydrogen (secondary N) is 3. The van der Waals surface area contributed by atoms with Crippen molar-refractivity contribution in [2.75, 3.05) is 40.3 Å². The Kier molecular flexibility index (Phi) is 13.9. The van der Waals surface area contributed by atoms with Gasteiger partial charge in [-0.3, -0.25) is 34.0 Å². The highest BCUT2D eigenvalue weighted by Crippen LogP contribution is 2.41. The molecule has 2 aromatic carbocycles. The second kappa shape index (κ2) is 19.4. The minimum absolute atomic E-state index is 0.0143. The van der Waals surface area contributed by atoms with Gasteiger partial charge in [0.15, 0.2) is 0 Å². The molecule has 2 aromatic heterocycles. The molecule has 4 amide bonds. The van der Waals surface area contributed by atoms with Crippen molar-refractivity contribution in [1.29, 1.82) is 0 Å². The number of hydrogen-bond acceptors (Lipinski definition) is 10. The maximum Gasteiger partial charge on any atom is 0.324 e. The summed E-state index contributed by atoms with van der Waals surface area (Å²) in [6.07, 6.45) is 4.93. The van der Waals surface area contributed by atoms with Gasteiger partial charge in [0.1, 0.15) is 23.5 Å². The molecule has 7 rings (SSSR count). The Morgan fingerprint density at radius 1 is 1.08 bits per heavy atom. The third kappa shape index (κ3) is 9.86. The number of fused-ring (bicyclic) bond motifs is 6. The van der Waals surface area contributed by atoms with Crippen molar-refractivity contribution in [3.8, 4) is 28.1 Å². The number of likely N-dealkylation sites (N-methyl/N-ethyl adjacent to an activating group) is 1. The first-order chi connectivity index (χ1) is 31.0. The number of carbonyl (C=O) groups excluding carboxylic acids is 5. The fraction of sp³-hybridized carbons (Fsp3) is 0.440. The van der Waals surface area contributed by atoms with Gasteiger partial charge in [0, 0.05) is 74.3 Å². The number of esters is 1. The standard InChI is InChI=1S/C50H62N8O7/c1-9-43(60)56-20-17-33(28-56)47(62)55(8)44(30(3)4)46(61)53-40-23-31-21-34(24-35(59)22-31)32-15-16-42-37(25-32)38(45(57(42)10-2)36-13-11-18-52-41(36)27-51-7)26-50(5,6)29-65-49(64)39-14-12-19-58(54-39)48(40)63/h9,11,13,15-16,18,21-22,24-25,33,39-40,51,54,59H,1,10,12,14,17,19-20,23,26-29H2,2-8H3,(H,53,61)/t33-,39-,40-/m0/s1. The minimum Gasteiger partial charge on any atom is -0.508 e. The zero-order valence-electron chi connectivity index (χ0n) is 38.6. The van der Waals surface area contributed by atoms with Crippen molar-refractivity contribution in [3.63, 3.8) is 0 Å². The number of nitrogens with zero attached hydrogens (tertiary/aromatic N) is 5. The average Bonchev–Trinajstić information content (AvgIpc) is 3.90. The maximum atomic E-state index is 14.7. The first-order valence-corrected chi connectivity index (χ1v) is 22.5. The van der Waals surface area contributed by atoms with Crippen molar-refractivity contribution in [2.24, 2.45) is 11.3 Å².